The lowest BCUT2D eigenvalue weighted by atomic mass is 9.96. The smallest absolute Gasteiger partial charge is 0.320 e. The summed E-state index contributed by atoms with van der Waals surface area (Å²) >= 11 is 0. The third kappa shape index (κ3) is 3.32. The van der Waals surface area contributed by atoms with Gasteiger partial charge in [0.05, 0.1) is 6.10 Å². The molecule has 0 spiro atoms. The average molecular weight is 187 g/mol. The maximum Gasteiger partial charge on any atom is 0.320 e. The third-order valence-corrected chi connectivity index (χ3v) is 2.46. The molecular formula is C9H17NO3. The van der Waals surface area contributed by atoms with E-state index in [1.807, 2.05) is 0 Å². The Bertz CT molecular complexity index is 168. The van der Waals surface area contributed by atoms with Crippen LogP contribution in [-0.4, -0.2) is 36.9 Å². The Kier molecular flexibility index (Phi) is 4.18. The van der Waals surface area contributed by atoms with E-state index in [-0.39, 0.29) is 0 Å². The quantitative estimate of drug-likeness (QED) is 0.640. The summed E-state index contributed by atoms with van der Waals surface area (Å²) in [5.41, 5.74) is 0. The molecule has 1 saturated carbocycles. The predicted molar refractivity (Wildman–Crippen MR) is 48.7 cm³/mol. The predicted octanol–water partition coefficient (Wildman–Crippen LogP) is 0.618. The largest absolute Gasteiger partial charge is 0.480 e. The Balaban J connectivity index is 2.05. The van der Waals surface area contributed by atoms with E-state index in [4.69, 9.17) is 9.84 Å². The van der Waals surface area contributed by atoms with Gasteiger partial charge in [-0.2, -0.15) is 0 Å². The van der Waals surface area contributed by atoms with Crippen molar-refractivity contribution in [2.24, 2.45) is 0 Å². The second-order valence-electron chi connectivity index (χ2n) is 3.39. The van der Waals surface area contributed by atoms with E-state index in [1.165, 1.54) is 6.42 Å². The normalized spacial score (nSPS) is 19.5. The number of aliphatic carboxylic acids is 1. The highest BCUT2D eigenvalue weighted by molar-refractivity contribution is 5.73. The Morgan fingerprint density at radius 1 is 1.69 bits per heavy atom. The van der Waals surface area contributed by atoms with Gasteiger partial charge >= 0.3 is 5.97 Å². The molecule has 0 bridgehead atoms. The molecule has 4 nitrogen and oxygen atoms in total. The standard InChI is InChI=1S/C9H17NO3/c1-10-8(9(11)12)5-6-13-7-3-2-4-7/h7-8,10H,2-6H2,1H3,(H,11,12)/t8-/m0/s1. The SMILES string of the molecule is CN[C@@H](CCOC1CCC1)C(=O)O. The van der Waals surface area contributed by atoms with E-state index >= 15 is 0 Å². The molecule has 0 aromatic heterocycles. The molecule has 0 amide bonds. The van der Waals surface area contributed by atoms with Gasteiger partial charge in [-0.25, -0.2) is 0 Å². The second-order valence-corrected chi connectivity index (χ2v) is 3.39. The average Bonchev–Trinajstić information content (AvgIpc) is 2.00. The fourth-order valence-electron chi connectivity index (χ4n) is 1.28. The van der Waals surface area contributed by atoms with Gasteiger partial charge in [0.2, 0.25) is 0 Å². The van der Waals surface area contributed by atoms with Crippen molar-refractivity contribution in [2.75, 3.05) is 13.7 Å². The Hall–Kier alpha value is -0.610. The van der Waals surface area contributed by atoms with Crippen molar-refractivity contribution in [3.8, 4) is 0 Å². The highest BCUT2D eigenvalue weighted by Gasteiger charge is 2.19. The van der Waals surface area contributed by atoms with E-state index in [9.17, 15) is 4.79 Å². The van der Waals surface area contributed by atoms with Gasteiger partial charge in [-0.1, -0.05) is 0 Å². The molecule has 1 aliphatic rings. The maximum absolute atomic E-state index is 10.6. The van der Waals surface area contributed by atoms with Crippen LogP contribution in [0.4, 0.5) is 0 Å². The van der Waals surface area contributed by atoms with Gasteiger partial charge in [0, 0.05) is 6.61 Å². The monoisotopic (exact) mass is 187 g/mol. The summed E-state index contributed by atoms with van der Waals surface area (Å²) in [6.45, 7) is 0.544. The van der Waals surface area contributed by atoms with Gasteiger partial charge in [-0.3, -0.25) is 4.79 Å². The van der Waals surface area contributed by atoms with Gasteiger partial charge in [-0.05, 0) is 32.7 Å². The topological polar surface area (TPSA) is 58.6 Å². The first kappa shape index (κ1) is 10.5. The number of hydrogen-bond donors (Lipinski definition) is 2. The molecule has 13 heavy (non-hydrogen) atoms. The van der Waals surface area contributed by atoms with Gasteiger partial charge in [-0.15, -0.1) is 0 Å². The molecular weight excluding hydrogens is 170 g/mol. The van der Waals surface area contributed by atoms with Crippen LogP contribution in [0.2, 0.25) is 0 Å². The van der Waals surface area contributed by atoms with Crippen LogP contribution in [0.3, 0.4) is 0 Å². The number of nitrogens with one attached hydrogen (secondary N) is 1. The minimum Gasteiger partial charge on any atom is -0.480 e. The summed E-state index contributed by atoms with van der Waals surface area (Å²) in [4.78, 5) is 10.6. The van der Waals surface area contributed by atoms with E-state index in [2.05, 4.69) is 5.32 Å². The zero-order valence-corrected chi connectivity index (χ0v) is 7.95. The van der Waals surface area contributed by atoms with E-state index < -0.39 is 12.0 Å². The molecule has 1 rings (SSSR count). The fraction of sp³-hybridized carbons (Fsp3) is 0.889. The van der Waals surface area contributed by atoms with Crippen LogP contribution < -0.4 is 5.32 Å². The molecule has 1 fully saturated rings. The van der Waals surface area contributed by atoms with Gasteiger partial charge in [0.15, 0.2) is 0 Å². The Morgan fingerprint density at radius 3 is 2.77 bits per heavy atom. The van der Waals surface area contributed by atoms with Crippen LogP contribution in [0.25, 0.3) is 0 Å². The number of hydrogen-bond acceptors (Lipinski definition) is 3. The minimum absolute atomic E-state index is 0.395. The zero-order chi connectivity index (χ0) is 9.68. The van der Waals surface area contributed by atoms with Crippen LogP contribution in [0.5, 0.6) is 0 Å². The number of rotatable bonds is 6. The summed E-state index contributed by atoms with van der Waals surface area (Å²) < 4.78 is 5.46. The lowest BCUT2D eigenvalue weighted by Gasteiger charge is -2.26. The number of carboxylic acids is 1. The summed E-state index contributed by atoms with van der Waals surface area (Å²) in [5.74, 6) is -0.806. The van der Waals surface area contributed by atoms with Crippen molar-refractivity contribution in [2.45, 2.75) is 37.8 Å². The van der Waals surface area contributed by atoms with Crippen molar-refractivity contribution in [1.29, 1.82) is 0 Å². The van der Waals surface area contributed by atoms with Gasteiger partial charge in [0.25, 0.3) is 0 Å². The fourth-order valence-corrected chi connectivity index (χ4v) is 1.28. The molecule has 1 aliphatic carbocycles. The van der Waals surface area contributed by atoms with Gasteiger partial charge < -0.3 is 15.2 Å². The van der Waals surface area contributed by atoms with Crippen LogP contribution in [-0.2, 0) is 9.53 Å². The molecule has 0 aromatic rings. The highest BCUT2D eigenvalue weighted by atomic mass is 16.5. The molecule has 1 atom stereocenters. The molecule has 0 saturated heterocycles. The van der Waals surface area contributed by atoms with Crippen molar-refractivity contribution >= 4 is 5.97 Å². The van der Waals surface area contributed by atoms with Crippen molar-refractivity contribution in [1.82, 2.24) is 5.32 Å². The number of carbonyl (C=O) groups is 1. The lowest BCUT2D eigenvalue weighted by Crippen LogP contribution is -2.35. The van der Waals surface area contributed by atoms with E-state index in [0.29, 0.717) is 19.1 Å². The molecule has 0 unspecified atom stereocenters. The molecule has 4 heteroatoms. The van der Waals surface area contributed by atoms with Crippen LogP contribution in [0.15, 0.2) is 0 Å². The lowest BCUT2D eigenvalue weighted by molar-refractivity contribution is -0.140. The van der Waals surface area contributed by atoms with Crippen LogP contribution >= 0.6 is 0 Å². The number of carboxylic acid groups (broad SMARTS) is 1. The Labute approximate surface area is 78.3 Å². The van der Waals surface area contributed by atoms with E-state index in [1.54, 1.807) is 7.05 Å². The Morgan fingerprint density at radius 2 is 2.38 bits per heavy atom. The second kappa shape index (κ2) is 5.19. The van der Waals surface area contributed by atoms with Crippen molar-refractivity contribution in [3.63, 3.8) is 0 Å². The van der Waals surface area contributed by atoms with Crippen molar-refractivity contribution in [3.05, 3.63) is 0 Å². The highest BCUT2D eigenvalue weighted by Crippen LogP contribution is 2.21. The molecule has 0 aromatic carbocycles. The minimum atomic E-state index is -0.806. The summed E-state index contributed by atoms with van der Waals surface area (Å²) in [5, 5.41) is 11.4. The molecule has 0 radical (unpaired) electrons. The maximum atomic E-state index is 10.6. The molecule has 2 N–H and O–H groups in total. The molecule has 76 valence electrons. The molecule has 0 heterocycles. The summed E-state index contributed by atoms with van der Waals surface area (Å²) in [7, 11) is 1.65. The summed E-state index contributed by atoms with van der Waals surface area (Å²) in [6, 6.07) is -0.472. The first-order valence-electron chi connectivity index (χ1n) is 4.75. The zero-order valence-electron chi connectivity index (χ0n) is 7.95. The van der Waals surface area contributed by atoms with E-state index in [0.717, 1.165) is 12.8 Å². The number of likely N-dealkylation sites (N-methyl/N-ethyl adjacent to an activating group) is 1. The number of ether oxygens (including phenoxy) is 1. The third-order valence-electron chi connectivity index (χ3n) is 2.46. The first-order valence-corrected chi connectivity index (χ1v) is 4.75. The first-order chi connectivity index (χ1) is 6.24. The molecule has 0 aliphatic heterocycles. The van der Waals surface area contributed by atoms with Crippen LogP contribution in [0.1, 0.15) is 25.7 Å². The van der Waals surface area contributed by atoms with Gasteiger partial charge in [0.1, 0.15) is 6.04 Å². The van der Waals surface area contributed by atoms with Crippen molar-refractivity contribution < 1.29 is 14.6 Å². The van der Waals surface area contributed by atoms with Crippen LogP contribution in [0, 0.1) is 0 Å². The summed E-state index contributed by atoms with van der Waals surface area (Å²) in [6.07, 6.45) is 4.46.